The van der Waals surface area contributed by atoms with Crippen molar-refractivity contribution in [2.24, 2.45) is 17.8 Å². The van der Waals surface area contributed by atoms with Gasteiger partial charge in [-0.3, -0.25) is 0 Å². The molecule has 0 aromatic heterocycles. The molecule has 4 aliphatic rings. The second-order valence-corrected chi connectivity index (χ2v) is 16.8. The molecule has 0 radical (unpaired) electrons. The van der Waals surface area contributed by atoms with E-state index in [-0.39, 0.29) is 23.5 Å². The van der Waals surface area contributed by atoms with Gasteiger partial charge in [-0.15, -0.1) is 0 Å². The van der Waals surface area contributed by atoms with Gasteiger partial charge in [-0.2, -0.15) is 0 Å². The highest BCUT2D eigenvalue weighted by atomic mass is 16.7. The Morgan fingerprint density at radius 1 is 0.833 bits per heavy atom. The number of aryl methyl sites for hydroxylation is 2. The molecule has 1 aliphatic carbocycles. The summed E-state index contributed by atoms with van der Waals surface area (Å²) in [6.07, 6.45) is 10.1. The Bertz CT molecular complexity index is 1830. The van der Waals surface area contributed by atoms with Gasteiger partial charge in [-0.05, 0) is 107 Å². The molecule has 3 heterocycles. The van der Waals surface area contributed by atoms with Crippen LogP contribution in [0.1, 0.15) is 126 Å². The highest BCUT2D eigenvalue weighted by Gasteiger charge is 2.41. The van der Waals surface area contributed by atoms with E-state index in [4.69, 9.17) is 9.47 Å². The van der Waals surface area contributed by atoms with Crippen molar-refractivity contribution >= 4 is 11.3 Å². The predicted molar refractivity (Wildman–Crippen MR) is 201 cm³/mol. The van der Waals surface area contributed by atoms with Crippen LogP contribution in [0.5, 0.6) is 0 Å². The molecule has 0 fully saturated rings. The Balaban J connectivity index is 1.38. The molecule has 7 rings (SSSR count). The summed E-state index contributed by atoms with van der Waals surface area (Å²) >= 11 is 0. The van der Waals surface area contributed by atoms with Crippen LogP contribution in [0.3, 0.4) is 0 Å². The zero-order valence-corrected chi connectivity index (χ0v) is 30.9. The number of hydrogen-bond donors (Lipinski definition) is 0. The van der Waals surface area contributed by atoms with Gasteiger partial charge in [0, 0.05) is 41.6 Å². The fraction of sp³-hybridized carbons (Fsp3) is 0.467. The van der Waals surface area contributed by atoms with Gasteiger partial charge in [0.1, 0.15) is 11.9 Å². The Kier molecular flexibility index (Phi) is 8.41. The van der Waals surface area contributed by atoms with E-state index in [2.05, 4.69) is 141 Å². The van der Waals surface area contributed by atoms with Gasteiger partial charge in [-0.1, -0.05) is 103 Å². The van der Waals surface area contributed by atoms with Crippen molar-refractivity contribution in [3.63, 3.8) is 0 Å². The van der Waals surface area contributed by atoms with Gasteiger partial charge < -0.3 is 14.4 Å². The lowest BCUT2D eigenvalue weighted by Crippen LogP contribution is -2.40. The van der Waals surface area contributed by atoms with Crippen LogP contribution >= 0.6 is 0 Å². The molecule has 48 heavy (non-hydrogen) atoms. The SMILES string of the molecule is Cc1cc(C)c2c(c1)C1C=C(CC(C)C)c3cc4c(cc3N1C[C@@H]2/C=C1\OC(CC(C)C)=CC(CC(C)C)O1)C(C)(C)c1ccccc1-4. The first kappa shape index (κ1) is 32.8. The second-order valence-electron chi connectivity index (χ2n) is 16.8. The van der Waals surface area contributed by atoms with Crippen molar-refractivity contribution in [1.29, 1.82) is 0 Å². The summed E-state index contributed by atoms with van der Waals surface area (Å²) in [4.78, 5) is 2.70. The summed E-state index contributed by atoms with van der Waals surface area (Å²) in [5.74, 6) is 3.49. The lowest BCUT2D eigenvalue weighted by atomic mass is 9.76. The van der Waals surface area contributed by atoms with E-state index in [0.29, 0.717) is 23.7 Å². The third kappa shape index (κ3) is 5.82. The summed E-state index contributed by atoms with van der Waals surface area (Å²) in [7, 11) is 0. The minimum atomic E-state index is -0.0492. The topological polar surface area (TPSA) is 21.7 Å². The molecule has 3 heteroatoms. The quantitative estimate of drug-likeness (QED) is 0.256. The number of ether oxygens (including phenoxy) is 2. The highest BCUT2D eigenvalue weighted by Crippen LogP contribution is 2.55. The minimum absolute atomic E-state index is 0.0392. The zero-order chi connectivity index (χ0) is 34.1. The van der Waals surface area contributed by atoms with Gasteiger partial charge in [0.05, 0.1) is 6.04 Å². The van der Waals surface area contributed by atoms with E-state index >= 15 is 0 Å². The standard InChI is InChI=1S/C45H55NO2/c1-26(2)15-31-20-41-38-19-29(7)18-30(8)44(38)32(21-43-47-33(16-27(3)4)22-34(48-43)17-28(5)6)25-46(41)42-24-40-37(23-36(31)42)35-13-11-12-14-39(35)45(40,9)10/h11-14,18-24,26-28,32-33,41H,15-17,25H2,1-10H3/b43-21-/t32-,33?,41?/m0/s1. The number of nitrogens with zero attached hydrogens (tertiary/aromatic N) is 1. The van der Waals surface area contributed by atoms with Gasteiger partial charge >= 0.3 is 0 Å². The molecule has 0 spiro atoms. The van der Waals surface area contributed by atoms with E-state index in [9.17, 15) is 0 Å². The summed E-state index contributed by atoms with van der Waals surface area (Å²) in [5.41, 5.74) is 15.4. The molecule has 0 saturated carbocycles. The monoisotopic (exact) mass is 641 g/mol. The predicted octanol–water partition coefficient (Wildman–Crippen LogP) is 11.9. The van der Waals surface area contributed by atoms with Crippen LogP contribution < -0.4 is 4.90 Å². The first-order chi connectivity index (χ1) is 22.8. The average molecular weight is 642 g/mol. The van der Waals surface area contributed by atoms with Gasteiger partial charge in [0.2, 0.25) is 0 Å². The molecule has 3 aromatic carbocycles. The molecule has 3 aliphatic heterocycles. The Labute approximate surface area is 289 Å². The molecule has 3 nitrogen and oxygen atoms in total. The molecule has 2 unspecified atom stereocenters. The molecular weight excluding hydrogens is 587 g/mol. The zero-order valence-electron chi connectivity index (χ0n) is 30.9. The van der Waals surface area contributed by atoms with Crippen LogP contribution in [0.2, 0.25) is 0 Å². The molecule has 252 valence electrons. The van der Waals surface area contributed by atoms with E-state index < -0.39 is 0 Å². The summed E-state index contributed by atoms with van der Waals surface area (Å²) in [6.45, 7) is 24.0. The van der Waals surface area contributed by atoms with Crippen molar-refractivity contribution in [3.8, 4) is 11.1 Å². The van der Waals surface area contributed by atoms with Crippen LogP contribution in [0, 0.1) is 31.6 Å². The van der Waals surface area contributed by atoms with Crippen LogP contribution in [-0.4, -0.2) is 12.6 Å². The Morgan fingerprint density at radius 2 is 1.58 bits per heavy atom. The van der Waals surface area contributed by atoms with E-state index in [1.165, 1.54) is 61.3 Å². The average Bonchev–Trinajstić information content (AvgIpc) is 3.21. The maximum Gasteiger partial charge on any atom is 0.281 e. The molecule has 0 bridgehead atoms. The van der Waals surface area contributed by atoms with Crippen LogP contribution in [0.25, 0.3) is 16.7 Å². The van der Waals surface area contributed by atoms with E-state index in [1.807, 2.05) is 0 Å². The third-order valence-electron chi connectivity index (χ3n) is 10.8. The molecule has 3 aromatic rings. The summed E-state index contributed by atoms with van der Waals surface area (Å²) in [6, 6.07) is 19.1. The van der Waals surface area contributed by atoms with Gasteiger partial charge in [-0.25, -0.2) is 0 Å². The Hall–Kier alpha value is -3.72. The minimum Gasteiger partial charge on any atom is -0.458 e. The second kappa shape index (κ2) is 12.3. The normalized spacial score (nSPS) is 22.8. The molecule has 3 atom stereocenters. The van der Waals surface area contributed by atoms with Crippen LogP contribution in [0.4, 0.5) is 5.69 Å². The number of allylic oxidation sites excluding steroid dienone is 2. The number of anilines is 1. The van der Waals surface area contributed by atoms with Crippen LogP contribution in [-0.2, 0) is 14.9 Å². The number of fused-ring (bicyclic) bond motifs is 8. The third-order valence-corrected chi connectivity index (χ3v) is 10.8. The number of benzene rings is 3. The van der Waals surface area contributed by atoms with Gasteiger partial charge in [0.15, 0.2) is 0 Å². The van der Waals surface area contributed by atoms with Crippen molar-refractivity contribution in [3.05, 3.63) is 117 Å². The number of rotatable bonds is 7. The smallest absolute Gasteiger partial charge is 0.281 e. The lowest BCUT2D eigenvalue weighted by molar-refractivity contribution is 0.000686. The maximum atomic E-state index is 6.61. The fourth-order valence-corrected chi connectivity index (χ4v) is 8.95. The summed E-state index contributed by atoms with van der Waals surface area (Å²) in [5, 5.41) is 0. The maximum absolute atomic E-state index is 6.61. The van der Waals surface area contributed by atoms with Crippen LogP contribution in [0.15, 0.2) is 78.5 Å². The molecule has 0 saturated heterocycles. The first-order valence-corrected chi connectivity index (χ1v) is 18.4. The fourth-order valence-electron chi connectivity index (χ4n) is 8.95. The molecule has 0 amide bonds. The van der Waals surface area contributed by atoms with Crippen molar-refractivity contribution < 1.29 is 9.47 Å². The number of hydrogen-bond acceptors (Lipinski definition) is 3. The van der Waals surface area contributed by atoms with E-state index in [0.717, 1.165) is 31.6 Å². The summed E-state index contributed by atoms with van der Waals surface area (Å²) < 4.78 is 13.2. The molecular formula is C45H55NO2. The van der Waals surface area contributed by atoms with E-state index in [1.54, 1.807) is 0 Å². The lowest BCUT2D eigenvalue weighted by Gasteiger charge is -2.46. The highest BCUT2D eigenvalue weighted by molar-refractivity contribution is 5.91. The van der Waals surface area contributed by atoms with Crippen molar-refractivity contribution in [2.45, 2.75) is 112 Å². The van der Waals surface area contributed by atoms with Crippen molar-refractivity contribution in [2.75, 3.05) is 11.4 Å². The van der Waals surface area contributed by atoms with Crippen molar-refractivity contribution in [1.82, 2.24) is 0 Å². The first-order valence-electron chi connectivity index (χ1n) is 18.4. The Morgan fingerprint density at radius 3 is 2.31 bits per heavy atom. The largest absolute Gasteiger partial charge is 0.458 e. The van der Waals surface area contributed by atoms with Gasteiger partial charge in [0.25, 0.3) is 5.95 Å². The molecule has 0 N–H and O–H groups in total.